The first-order valence-electron chi connectivity index (χ1n) is 9.11. The van der Waals surface area contributed by atoms with Crippen LogP contribution in [0.3, 0.4) is 0 Å². The summed E-state index contributed by atoms with van der Waals surface area (Å²) in [6.45, 7) is 0. The number of halogens is 1. The first-order chi connectivity index (χ1) is 14.9. The second-order valence-electron chi connectivity index (χ2n) is 6.53. The molecule has 0 aliphatic carbocycles. The van der Waals surface area contributed by atoms with Crippen molar-refractivity contribution in [3.63, 3.8) is 0 Å². The van der Waals surface area contributed by atoms with Crippen LogP contribution in [-0.2, 0) is 0 Å². The molecule has 0 aliphatic rings. The van der Waals surface area contributed by atoms with Crippen LogP contribution < -0.4 is 16.6 Å². The summed E-state index contributed by atoms with van der Waals surface area (Å²) in [5.74, 6) is -0.620. The number of carbonyl (C=O) groups excluding carboxylic acids is 1. The second kappa shape index (κ2) is 8.41. The lowest BCUT2D eigenvalue weighted by atomic mass is 10.1. The van der Waals surface area contributed by atoms with E-state index in [0.29, 0.717) is 16.8 Å². The number of carbonyl (C=O) groups is 1. The zero-order chi connectivity index (χ0) is 22.0. The van der Waals surface area contributed by atoms with Gasteiger partial charge in [0.2, 0.25) is 5.88 Å². The van der Waals surface area contributed by atoms with E-state index in [-0.39, 0.29) is 5.56 Å². The Morgan fingerprint density at radius 3 is 2.52 bits per heavy atom. The summed E-state index contributed by atoms with van der Waals surface area (Å²) in [4.78, 5) is 42.7. The summed E-state index contributed by atoms with van der Waals surface area (Å²) in [5, 5.41) is 14.8. The van der Waals surface area contributed by atoms with Gasteiger partial charge in [0.05, 0.1) is 11.9 Å². The topological polar surface area (TPSA) is 117 Å². The number of rotatable bonds is 3. The number of H-pyrrole nitrogens is 1. The fourth-order valence-electron chi connectivity index (χ4n) is 3.09. The van der Waals surface area contributed by atoms with Crippen molar-refractivity contribution in [2.45, 2.75) is 0 Å². The number of hydrogen-bond donors (Lipinski definition) is 3. The number of fused-ring (bicyclic) bond motifs is 1. The third-order valence-electron chi connectivity index (χ3n) is 4.53. The zero-order valence-corrected chi connectivity index (χ0v) is 17.5. The molecule has 9 heteroatoms. The quantitative estimate of drug-likeness (QED) is 0.388. The summed E-state index contributed by atoms with van der Waals surface area (Å²) >= 11 is 3.30. The SMILES string of the molecule is O=C(N=Cc1c(O)n(-c2cccc3ccccc23)c(=O)[nH]c1=O)Nc1ccc(Br)cc1. The lowest BCUT2D eigenvalue weighted by Gasteiger charge is -2.12. The molecule has 0 saturated heterocycles. The van der Waals surface area contributed by atoms with E-state index in [1.807, 2.05) is 18.2 Å². The number of aromatic amines is 1. The van der Waals surface area contributed by atoms with Crippen molar-refractivity contribution in [2.24, 2.45) is 4.99 Å². The summed E-state index contributed by atoms with van der Waals surface area (Å²) in [5.41, 5.74) is -1.11. The van der Waals surface area contributed by atoms with Crippen LogP contribution in [0.5, 0.6) is 5.88 Å². The Labute approximate surface area is 183 Å². The van der Waals surface area contributed by atoms with Gasteiger partial charge in [0.1, 0.15) is 5.56 Å². The number of hydrogen-bond acceptors (Lipinski definition) is 4. The molecule has 0 fully saturated rings. The molecule has 0 radical (unpaired) electrons. The molecule has 0 saturated carbocycles. The van der Waals surface area contributed by atoms with Gasteiger partial charge in [-0.25, -0.2) is 19.1 Å². The summed E-state index contributed by atoms with van der Waals surface area (Å²) < 4.78 is 1.82. The van der Waals surface area contributed by atoms with Gasteiger partial charge in [0, 0.05) is 15.5 Å². The van der Waals surface area contributed by atoms with Crippen LogP contribution >= 0.6 is 15.9 Å². The lowest BCUT2D eigenvalue weighted by Crippen LogP contribution is -2.31. The largest absolute Gasteiger partial charge is 0.493 e. The molecule has 1 heterocycles. The number of aliphatic imine (C=N–C) groups is 1. The van der Waals surface area contributed by atoms with Crippen LogP contribution in [0.4, 0.5) is 10.5 Å². The fraction of sp³-hybridized carbons (Fsp3) is 0. The molecule has 0 bridgehead atoms. The van der Waals surface area contributed by atoms with Crippen LogP contribution in [0, 0.1) is 0 Å². The van der Waals surface area contributed by atoms with Gasteiger partial charge in [0.25, 0.3) is 5.56 Å². The van der Waals surface area contributed by atoms with Crippen LogP contribution in [0.1, 0.15) is 5.56 Å². The molecule has 154 valence electrons. The van der Waals surface area contributed by atoms with Gasteiger partial charge >= 0.3 is 11.7 Å². The van der Waals surface area contributed by atoms with E-state index in [4.69, 9.17) is 0 Å². The van der Waals surface area contributed by atoms with E-state index >= 15 is 0 Å². The first-order valence-corrected chi connectivity index (χ1v) is 9.90. The molecular formula is C22H15BrN4O4. The molecule has 8 nitrogen and oxygen atoms in total. The number of anilines is 1. The summed E-state index contributed by atoms with van der Waals surface area (Å²) in [6.07, 6.45) is 0.920. The predicted octanol–water partition coefficient (Wildman–Crippen LogP) is 3.80. The summed E-state index contributed by atoms with van der Waals surface area (Å²) in [6, 6.07) is 18.6. The van der Waals surface area contributed by atoms with E-state index in [1.165, 1.54) is 0 Å². The smallest absolute Gasteiger partial charge is 0.345 e. The molecule has 0 aliphatic heterocycles. The fourth-order valence-corrected chi connectivity index (χ4v) is 3.36. The average Bonchev–Trinajstić information content (AvgIpc) is 2.75. The van der Waals surface area contributed by atoms with Crippen molar-refractivity contribution in [2.75, 3.05) is 5.32 Å². The Hall–Kier alpha value is -3.98. The maximum atomic E-state index is 12.5. The molecule has 4 rings (SSSR count). The number of aromatic nitrogens is 2. The highest BCUT2D eigenvalue weighted by Gasteiger charge is 2.16. The van der Waals surface area contributed by atoms with Gasteiger partial charge in [-0.3, -0.25) is 9.78 Å². The maximum Gasteiger partial charge on any atom is 0.345 e. The van der Waals surface area contributed by atoms with Crippen molar-refractivity contribution < 1.29 is 9.90 Å². The average molecular weight is 479 g/mol. The first kappa shape index (κ1) is 20.3. The van der Waals surface area contributed by atoms with Gasteiger partial charge in [-0.05, 0) is 35.7 Å². The normalized spacial score (nSPS) is 11.1. The molecule has 4 aromatic rings. The van der Waals surface area contributed by atoms with E-state index in [9.17, 15) is 19.5 Å². The van der Waals surface area contributed by atoms with E-state index in [2.05, 4.69) is 31.2 Å². The highest BCUT2D eigenvalue weighted by Crippen LogP contribution is 2.24. The maximum absolute atomic E-state index is 12.5. The standard InChI is InChI=1S/C22H15BrN4O4/c23-14-8-10-15(11-9-14)25-21(30)24-12-17-19(28)26-22(31)27(20(17)29)18-7-3-5-13-4-1-2-6-16(13)18/h1-12,29H,(H,25,30)(H,26,28,31). The zero-order valence-electron chi connectivity index (χ0n) is 15.9. The van der Waals surface area contributed by atoms with E-state index < -0.39 is 23.2 Å². The van der Waals surface area contributed by atoms with E-state index in [1.54, 1.807) is 48.5 Å². The Kier molecular flexibility index (Phi) is 5.50. The molecule has 3 aromatic carbocycles. The van der Waals surface area contributed by atoms with Gasteiger partial charge in [0.15, 0.2) is 0 Å². The van der Waals surface area contributed by atoms with Gasteiger partial charge < -0.3 is 10.4 Å². The van der Waals surface area contributed by atoms with Crippen molar-refractivity contribution >= 4 is 44.6 Å². The summed E-state index contributed by atoms with van der Waals surface area (Å²) in [7, 11) is 0. The monoisotopic (exact) mass is 478 g/mol. The van der Waals surface area contributed by atoms with Gasteiger partial charge in [-0.2, -0.15) is 0 Å². The highest BCUT2D eigenvalue weighted by atomic mass is 79.9. The number of aromatic hydroxyl groups is 1. The molecule has 0 atom stereocenters. The minimum Gasteiger partial charge on any atom is -0.493 e. The molecule has 0 spiro atoms. The van der Waals surface area contributed by atoms with Crippen molar-refractivity contribution in [1.82, 2.24) is 9.55 Å². The third-order valence-corrected chi connectivity index (χ3v) is 5.06. The van der Waals surface area contributed by atoms with Crippen LogP contribution in [-0.4, -0.2) is 26.9 Å². The number of benzene rings is 3. The molecule has 0 unspecified atom stereocenters. The van der Waals surface area contributed by atoms with Crippen LogP contribution in [0.2, 0.25) is 0 Å². The van der Waals surface area contributed by atoms with E-state index in [0.717, 1.165) is 20.6 Å². The Bertz CT molecular complexity index is 1430. The lowest BCUT2D eigenvalue weighted by molar-refractivity contribution is 0.259. The predicted molar refractivity (Wildman–Crippen MR) is 123 cm³/mol. The number of urea groups is 1. The van der Waals surface area contributed by atoms with Gasteiger partial charge in [-0.15, -0.1) is 0 Å². The van der Waals surface area contributed by atoms with Crippen molar-refractivity contribution in [1.29, 1.82) is 0 Å². The number of nitrogens with zero attached hydrogens (tertiary/aromatic N) is 2. The minimum absolute atomic E-state index is 0.321. The van der Waals surface area contributed by atoms with Gasteiger partial charge in [-0.1, -0.05) is 52.3 Å². The Morgan fingerprint density at radius 1 is 1.03 bits per heavy atom. The Morgan fingerprint density at radius 2 is 1.74 bits per heavy atom. The number of amides is 2. The van der Waals surface area contributed by atoms with Crippen molar-refractivity contribution in [3.8, 4) is 11.6 Å². The highest BCUT2D eigenvalue weighted by molar-refractivity contribution is 9.10. The van der Waals surface area contributed by atoms with Crippen LogP contribution in [0.25, 0.3) is 16.5 Å². The second-order valence-corrected chi connectivity index (χ2v) is 7.44. The number of nitrogens with one attached hydrogen (secondary N) is 2. The molecule has 2 amide bonds. The van der Waals surface area contributed by atoms with Crippen molar-refractivity contribution in [3.05, 3.63) is 97.6 Å². The molecule has 1 aromatic heterocycles. The minimum atomic E-state index is -0.862. The van der Waals surface area contributed by atoms with Crippen LogP contribution in [0.15, 0.2) is 85.8 Å². The molecule has 31 heavy (non-hydrogen) atoms. The molecule has 3 N–H and O–H groups in total. The Balaban J connectivity index is 1.73. The third kappa shape index (κ3) is 4.17. The molecular weight excluding hydrogens is 464 g/mol.